The van der Waals surface area contributed by atoms with Gasteiger partial charge in [-0.2, -0.15) is 0 Å². The molecule has 0 spiro atoms. The zero-order chi connectivity index (χ0) is 11.5. The maximum Gasteiger partial charge on any atom is 0.337 e. The highest BCUT2D eigenvalue weighted by Crippen LogP contribution is 2.19. The molecule has 0 saturated carbocycles. The normalized spacial score (nSPS) is 10.0. The Balaban J connectivity index is 2.38. The number of nitrogen functional groups attached to an aromatic ring is 1. The first-order chi connectivity index (χ1) is 7.66. The number of hydrogen-bond donors (Lipinski definition) is 2. The fourth-order valence-corrected chi connectivity index (χ4v) is 1.39. The highest BCUT2D eigenvalue weighted by atomic mass is 16.4. The molecule has 0 amide bonds. The van der Waals surface area contributed by atoms with Crippen molar-refractivity contribution in [3.8, 4) is 11.3 Å². The molecule has 16 heavy (non-hydrogen) atoms. The summed E-state index contributed by atoms with van der Waals surface area (Å²) in [6.07, 6.45) is 1.33. The number of hydrogen-bond acceptors (Lipinski definition) is 3. The topological polar surface area (TPSA) is 76.2 Å². The Bertz CT molecular complexity index is 521. The number of nitrogens with zero attached hydrogens (tertiary/aromatic N) is 1. The van der Waals surface area contributed by atoms with Crippen molar-refractivity contribution in [2.24, 2.45) is 0 Å². The molecular formula is C12H10N2O2. The van der Waals surface area contributed by atoms with Gasteiger partial charge in [-0.3, -0.25) is 4.98 Å². The number of carboxylic acids is 1. The van der Waals surface area contributed by atoms with Crippen LogP contribution in [0.3, 0.4) is 0 Å². The second kappa shape index (κ2) is 4.02. The molecule has 0 aliphatic heterocycles. The van der Waals surface area contributed by atoms with E-state index >= 15 is 0 Å². The molecule has 4 nitrogen and oxygen atoms in total. The first kappa shape index (κ1) is 10.2. The summed E-state index contributed by atoms with van der Waals surface area (Å²) < 4.78 is 0. The lowest BCUT2D eigenvalue weighted by Gasteiger charge is -2.02. The van der Waals surface area contributed by atoms with Crippen LogP contribution in [-0.2, 0) is 0 Å². The summed E-state index contributed by atoms with van der Waals surface area (Å²) in [5, 5.41) is 8.73. The third kappa shape index (κ3) is 2.00. The number of pyridine rings is 1. The molecule has 4 heteroatoms. The Morgan fingerprint density at radius 3 is 2.62 bits per heavy atom. The minimum atomic E-state index is -0.980. The first-order valence-electron chi connectivity index (χ1n) is 4.72. The molecule has 0 aliphatic rings. The number of carboxylic acid groups (broad SMARTS) is 1. The average Bonchev–Trinajstić information content (AvgIpc) is 2.29. The van der Waals surface area contributed by atoms with Crippen molar-refractivity contribution in [3.05, 3.63) is 48.2 Å². The minimum absolute atomic E-state index is 0.174. The Labute approximate surface area is 92.4 Å². The summed E-state index contributed by atoms with van der Waals surface area (Å²) in [5.74, 6) is -0.980. The number of nitrogens with two attached hydrogens (primary N) is 1. The van der Waals surface area contributed by atoms with Gasteiger partial charge in [-0.1, -0.05) is 12.1 Å². The number of rotatable bonds is 2. The van der Waals surface area contributed by atoms with Crippen molar-refractivity contribution in [2.45, 2.75) is 0 Å². The van der Waals surface area contributed by atoms with E-state index in [2.05, 4.69) is 4.98 Å². The molecule has 0 atom stereocenters. The Morgan fingerprint density at radius 2 is 2.06 bits per heavy atom. The Morgan fingerprint density at radius 1 is 1.25 bits per heavy atom. The molecule has 2 rings (SSSR count). The van der Waals surface area contributed by atoms with Gasteiger partial charge in [0.05, 0.1) is 11.3 Å². The molecule has 0 fully saturated rings. The number of aromatic carboxylic acids is 1. The van der Waals surface area contributed by atoms with Crippen LogP contribution in [0.4, 0.5) is 5.69 Å². The number of anilines is 1. The predicted molar refractivity (Wildman–Crippen MR) is 61.0 cm³/mol. The SMILES string of the molecule is Nc1cccc(-c2ccc(C(=O)O)cn2)c1. The van der Waals surface area contributed by atoms with E-state index in [9.17, 15) is 4.79 Å². The van der Waals surface area contributed by atoms with E-state index in [-0.39, 0.29) is 5.56 Å². The molecule has 1 aromatic heterocycles. The Hall–Kier alpha value is -2.36. The summed E-state index contributed by atoms with van der Waals surface area (Å²) in [4.78, 5) is 14.7. The lowest BCUT2D eigenvalue weighted by atomic mass is 10.1. The van der Waals surface area contributed by atoms with Crippen LogP contribution in [0, 0.1) is 0 Å². The van der Waals surface area contributed by atoms with Gasteiger partial charge in [-0.15, -0.1) is 0 Å². The first-order valence-corrected chi connectivity index (χ1v) is 4.72. The molecule has 0 saturated heterocycles. The third-order valence-corrected chi connectivity index (χ3v) is 2.19. The van der Waals surface area contributed by atoms with Crippen molar-refractivity contribution < 1.29 is 9.90 Å². The summed E-state index contributed by atoms with van der Waals surface area (Å²) >= 11 is 0. The van der Waals surface area contributed by atoms with Gasteiger partial charge in [0.15, 0.2) is 0 Å². The summed E-state index contributed by atoms with van der Waals surface area (Å²) in [6.45, 7) is 0. The largest absolute Gasteiger partial charge is 0.478 e. The molecular weight excluding hydrogens is 204 g/mol. The fraction of sp³-hybridized carbons (Fsp3) is 0. The van der Waals surface area contributed by atoms with Gasteiger partial charge in [0.1, 0.15) is 0 Å². The number of aromatic nitrogens is 1. The van der Waals surface area contributed by atoms with E-state index in [1.165, 1.54) is 12.3 Å². The molecule has 0 aliphatic carbocycles. The summed E-state index contributed by atoms with van der Waals surface area (Å²) in [7, 11) is 0. The van der Waals surface area contributed by atoms with Gasteiger partial charge in [-0.05, 0) is 24.3 Å². The van der Waals surface area contributed by atoms with Gasteiger partial charge in [-0.25, -0.2) is 4.79 Å². The number of benzene rings is 1. The highest BCUT2D eigenvalue weighted by Gasteiger charge is 2.04. The smallest absolute Gasteiger partial charge is 0.337 e. The van der Waals surface area contributed by atoms with Crippen molar-refractivity contribution in [1.82, 2.24) is 4.98 Å². The second-order valence-electron chi connectivity index (χ2n) is 3.36. The van der Waals surface area contributed by atoms with Gasteiger partial charge in [0.2, 0.25) is 0 Å². The summed E-state index contributed by atoms with van der Waals surface area (Å²) in [5.41, 5.74) is 8.06. The van der Waals surface area contributed by atoms with E-state index < -0.39 is 5.97 Å². The van der Waals surface area contributed by atoms with Crippen LogP contribution in [0.2, 0.25) is 0 Å². The molecule has 1 aromatic carbocycles. The van der Waals surface area contributed by atoms with Crippen LogP contribution in [0.5, 0.6) is 0 Å². The van der Waals surface area contributed by atoms with E-state index in [4.69, 9.17) is 10.8 Å². The van der Waals surface area contributed by atoms with E-state index in [1.54, 1.807) is 18.2 Å². The van der Waals surface area contributed by atoms with Crippen LogP contribution in [0.15, 0.2) is 42.6 Å². The lowest BCUT2D eigenvalue weighted by molar-refractivity contribution is 0.0696. The van der Waals surface area contributed by atoms with Crippen LogP contribution in [0.1, 0.15) is 10.4 Å². The van der Waals surface area contributed by atoms with Crippen molar-refractivity contribution in [1.29, 1.82) is 0 Å². The maximum absolute atomic E-state index is 10.6. The minimum Gasteiger partial charge on any atom is -0.478 e. The second-order valence-corrected chi connectivity index (χ2v) is 3.36. The van der Waals surface area contributed by atoms with Gasteiger partial charge in [0, 0.05) is 17.4 Å². The van der Waals surface area contributed by atoms with Crippen LogP contribution >= 0.6 is 0 Å². The predicted octanol–water partition coefficient (Wildman–Crippen LogP) is 2.03. The van der Waals surface area contributed by atoms with Gasteiger partial charge < -0.3 is 10.8 Å². The van der Waals surface area contributed by atoms with Crippen LogP contribution in [-0.4, -0.2) is 16.1 Å². The highest BCUT2D eigenvalue weighted by molar-refractivity contribution is 5.87. The van der Waals surface area contributed by atoms with E-state index in [1.807, 2.05) is 12.1 Å². The Kier molecular flexibility index (Phi) is 2.55. The molecule has 2 aromatic rings. The molecule has 0 radical (unpaired) electrons. The zero-order valence-electron chi connectivity index (χ0n) is 8.42. The lowest BCUT2D eigenvalue weighted by Crippen LogP contribution is -1.97. The monoisotopic (exact) mass is 214 g/mol. The maximum atomic E-state index is 10.6. The van der Waals surface area contributed by atoms with Crippen molar-refractivity contribution >= 4 is 11.7 Å². The number of carbonyl (C=O) groups is 1. The van der Waals surface area contributed by atoms with Crippen LogP contribution in [0.25, 0.3) is 11.3 Å². The zero-order valence-corrected chi connectivity index (χ0v) is 8.42. The molecule has 0 bridgehead atoms. The quantitative estimate of drug-likeness (QED) is 0.750. The van der Waals surface area contributed by atoms with Crippen LogP contribution < -0.4 is 5.73 Å². The van der Waals surface area contributed by atoms with Crippen molar-refractivity contribution in [3.63, 3.8) is 0 Å². The standard InChI is InChI=1S/C12H10N2O2/c13-10-3-1-2-8(6-10)11-5-4-9(7-14-11)12(15)16/h1-7H,13H2,(H,15,16). The molecule has 3 N–H and O–H groups in total. The molecule has 0 unspecified atom stereocenters. The molecule has 1 heterocycles. The average molecular weight is 214 g/mol. The van der Waals surface area contributed by atoms with Crippen molar-refractivity contribution in [2.75, 3.05) is 5.73 Å². The third-order valence-electron chi connectivity index (χ3n) is 2.19. The molecule has 80 valence electrons. The summed E-state index contributed by atoms with van der Waals surface area (Å²) in [6, 6.07) is 10.5. The van der Waals surface area contributed by atoms with Gasteiger partial charge in [0.25, 0.3) is 0 Å². The fourth-order valence-electron chi connectivity index (χ4n) is 1.39. The van der Waals surface area contributed by atoms with E-state index in [0.717, 1.165) is 5.56 Å². The van der Waals surface area contributed by atoms with Gasteiger partial charge >= 0.3 is 5.97 Å². The van der Waals surface area contributed by atoms with E-state index in [0.29, 0.717) is 11.4 Å².